The lowest BCUT2D eigenvalue weighted by atomic mass is 9.87. The molecule has 0 atom stereocenters. The number of nitrogens with zero attached hydrogens (tertiary/aromatic N) is 3. The highest BCUT2D eigenvalue weighted by Gasteiger charge is 2.21. The minimum absolute atomic E-state index is 0.0504. The Hall–Kier alpha value is -3.85. The van der Waals surface area contributed by atoms with Crippen molar-refractivity contribution >= 4 is 18.0 Å². The average Bonchev–Trinajstić information content (AvgIpc) is 3.25. The van der Waals surface area contributed by atoms with Gasteiger partial charge in [-0.05, 0) is 42.8 Å². The van der Waals surface area contributed by atoms with Gasteiger partial charge in [0.2, 0.25) is 0 Å². The summed E-state index contributed by atoms with van der Waals surface area (Å²) in [5.41, 5.74) is 3.64. The molecule has 2 aromatic heterocycles. The van der Waals surface area contributed by atoms with Crippen LogP contribution < -0.4 is 4.74 Å². The van der Waals surface area contributed by atoms with Crippen molar-refractivity contribution in [2.45, 2.75) is 40.7 Å². The van der Waals surface area contributed by atoms with E-state index >= 15 is 0 Å². The van der Waals surface area contributed by atoms with E-state index in [-0.39, 0.29) is 28.4 Å². The van der Waals surface area contributed by atoms with Gasteiger partial charge in [-0.3, -0.25) is 19.7 Å². The molecule has 4 rings (SSSR count). The van der Waals surface area contributed by atoms with Crippen LogP contribution in [-0.2, 0) is 6.61 Å². The lowest BCUT2D eigenvalue weighted by Gasteiger charge is -2.18. The van der Waals surface area contributed by atoms with Gasteiger partial charge in [0, 0.05) is 23.1 Å². The van der Waals surface area contributed by atoms with Gasteiger partial charge in [-0.15, -0.1) is 0 Å². The molecule has 8 nitrogen and oxygen atoms in total. The number of Topliss-reactive ketones (excluding diaryl/α,β-unsaturated/α-hetero) is 1. The lowest BCUT2D eigenvalue weighted by molar-refractivity contribution is 0.0937. The van der Waals surface area contributed by atoms with Crippen molar-refractivity contribution in [2.24, 2.45) is 5.41 Å². The van der Waals surface area contributed by atoms with Crippen LogP contribution >= 0.6 is 12.2 Å². The molecule has 2 heterocycles. The second kappa shape index (κ2) is 9.79. The van der Waals surface area contributed by atoms with E-state index < -0.39 is 0 Å². The van der Waals surface area contributed by atoms with E-state index in [9.17, 15) is 9.90 Å². The van der Waals surface area contributed by atoms with E-state index in [0.29, 0.717) is 40.5 Å². The molecule has 0 aliphatic rings. The number of carbonyl (C=O) groups is 1. The molecule has 2 N–H and O–H groups in total. The molecule has 0 amide bonds. The molecule has 9 heteroatoms. The number of nitrogens with one attached hydrogen (secondary N) is 1. The Bertz CT molecular complexity index is 1420. The largest absolute Gasteiger partial charge is 0.507 e. The number of phenols is 1. The summed E-state index contributed by atoms with van der Waals surface area (Å²) >= 11 is 4.94. The SMILES string of the molecule is Cc1c(OCc2cnc(-c3cccc(-c4noc(=S)[nH]4)c3)cn2)ccc(C(=O)CC(C)(C)C)c1O. The van der Waals surface area contributed by atoms with E-state index in [1.807, 2.05) is 45.0 Å². The number of phenolic OH excluding ortho intramolecular Hbond substituents is 1. The third-order valence-electron chi connectivity index (χ3n) is 5.33. The molecule has 2 aromatic carbocycles. The zero-order valence-corrected chi connectivity index (χ0v) is 20.8. The third kappa shape index (κ3) is 5.81. The maximum atomic E-state index is 12.5. The maximum Gasteiger partial charge on any atom is 0.295 e. The summed E-state index contributed by atoms with van der Waals surface area (Å²) in [5.74, 6) is 0.879. The van der Waals surface area contributed by atoms with Crippen molar-refractivity contribution in [1.29, 1.82) is 0 Å². The number of hydrogen-bond acceptors (Lipinski definition) is 8. The predicted molar refractivity (Wildman–Crippen MR) is 134 cm³/mol. The van der Waals surface area contributed by atoms with Gasteiger partial charge in [0.15, 0.2) is 11.6 Å². The summed E-state index contributed by atoms with van der Waals surface area (Å²) < 4.78 is 10.8. The van der Waals surface area contributed by atoms with Gasteiger partial charge in [0.1, 0.15) is 18.1 Å². The lowest BCUT2D eigenvalue weighted by Crippen LogP contribution is -2.13. The average molecular weight is 491 g/mol. The minimum Gasteiger partial charge on any atom is -0.507 e. The molecule has 35 heavy (non-hydrogen) atoms. The summed E-state index contributed by atoms with van der Waals surface area (Å²) in [6.07, 6.45) is 3.65. The molecular formula is C26H26N4O4S. The van der Waals surface area contributed by atoms with Crippen molar-refractivity contribution in [3.63, 3.8) is 0 Å². The van der Waals surface area contributed by atoms with E-state index in [4.69, 9.17) is 21.5 Å². The first-order valence-electron chi connectivity index (χ1n) is 11.1. The first-order chi connectivity index (χ1) is 16.6. The second-order valence-electron chi connectivity index (χ2n) is 9.45. The molecule has 0 unspecified atom stereocenters. The van der Waals surface area contributed by atoms with Gasteiger partial charge in [-0.25, -0.2) is 0 Å². The van der Waals surface area contributed by atoms with Crippen LogP contribution in [-0.4, -0.2) is 31.0 Å². The molecule has 0 spiro atoms. The predicted octanol–water partition coefficient (Wildman–Crippen LogP) is 6.07. The van der Waals surface area contributed by atoms with E-state index in [2.05, 4.69) is 20.1 Å². The number of carbonyl (C=O) groups excluding carboxylic acids is 1. The fraction of sp³-hybridized carbons (Fsp3) is 0.269. The van der Waals surface area contributed by atoms with Crippen LogP contribution in [0.2, 0.25) is 0 Å². The van der Waals surface area contributed by atoms with Gasteiger partial charge in [0.05, 0.1) is 29.3 Å². The molecule has 0 bridgehead atoms. The summed E-state index contributed by atoms with van der Waals surface area (Å²) in [5, 5.41) is 14.5. The Morgan fingerprint density at radius 2 is 1.91 bits per heavy atom. The summed E-state index contributed by atoms with van der Waals surface area (Å²) in [6.45, 7) is 7.85. The van der Waals surface area contributed by atoms with Gasteiger partial charge in [-0.1, -0.05) is 44.1 Å². The number of hydrogen-bond donors (Lipinski definition) is 2. The Balaban J connectivity index is 1.45. The monoisotopic (exact) mass is 490 g/mol. The minimum atomic E-state index is -0.165. The maximum absolute atomic E-state index is 12.5. The number of aromatic nitrogens is 4. The summed E-state index contributed by atoms with van der Waals surface area (Å²) in [7, 11) is 0. The zero-order chi connectivity index (χ0) is 25.2. The van der Waals surface area contributed by atoms with Crippen molar-refractivity contribution in [3.8, 4) is 34.1 Å². The Morgan fingerprint density at radius 1 is 1.14 bits per heavy atom. The molecule has 4 aromatic rings. The van der Waals surface area contributed by atoms with Gasteiger partial charge < -0.3 is 14.4 Å². The molecule has 0 aliphatic carbocycles. The highest BCUT2D eigenvalue weighted by atomic mass is 32.1. The Labute approximate surface area is 208 Å². The molecule has 0 radical (unpaired) electrons. The smallest absolute Gasteiger partial charge is 0.295 e. The normalized spacial score (nSPS) is 11.4. The first kappa shape index (κ1) is 24.3. The van der Waals surface area contributed by atoms with Gasteiger partial charge >= 0.3 is 0 Å². The Morgan fingerprint density at radius 3 is 2.57 bits per heavy atom. The summed E-state index contributed by atoms with van der Waals surface area (Å²) in [6, 6.07) is 10.9. The quantitative estimate of drug-likeness (QED) is 0.237. The molecule has 180 valence electrons. The fourth-order valence-corrected chi connectivity index (χ4v) is 3.68. The number of rotatable bonds is 7. The first-order valence-corrected chi connectivity index (χ1v) is 11.5. The number of aromatic hydroxyl groups is 1. The van der Waals surface area contributed by atoms with Crippen molar-refractivity contribution in [1.82, 2.24) is 20.1 Å². The summed E-state index contributed by atoms with van der Waals surface area (Å²) in [4.78, 5) is 24.6. The number of benzene rings is 2. The number of H-pyrrole nitrogens is 1. The molecular weight excluding hydrogens is 464 g/mol. The Kier molecular flexibility index (Phi) is 6.79. The standard InChI is InChI=1S/C26H26N4O4S/c1-15-22(9-8-19(23(15)32)21(31)11-26(2,3)4)33-14-18-12-28-20(13-27-18)16-6-5-7-17(10-16)24-29-25(35)34-30-24/h5-10,12-13,32H,11,14H2,1-4H3,(H,29,30,35). The van der Waals surface area contributed by atoms with E-state index in [0.717, 1.165) is 11.1 Å². The van der Waals surface area contributed by atoms with Crippen molar-refractivity contribution < 1.29 is 19.2 Å². The van der Waals surface area contributed by atoms with Crippen LogP contribution in [0.5, 0.6) is 11.5 Å². The van der Waals surface area contributed by atoms with Crippen molar-refractivity contribution in [3.05, 3.63) is 70.5 Å². The highest BCUT2D eigenvalue weighted by Crippen LogP contribution is 2.33. The van der Waals surface area contributed by atoms with Crippen LogP contribution in [0.15, 0.2) is 53.3 Å². The van der Waals surface area contributed by atoms with E-state index in [1.165, 1.54) is 0 Å². The van der Waals surface area contributed by atoms with Crippen LogP contribution in [0.3, 0.4) is 0 Å². The van der Waals surface area contributed by atoms with Crippen LogP contribution in [0, 0.1) is 17.2 Å². The topological polar surface area (TPSA) is 114 Å². The van der Waals surface area contributed by atoms with Gasteiger partial charge in [0.25, 0.3) is 4.84 Å². The molecule has 0 saturated heterocycles. The second-order valence-corrected chi connectivity index (χ2v) is 9.82. The number of ketones is 1. The van der Waals surface area contributed by atoms with E-state index in [1.54, 1.807) is 31.5 Å². The van der Waals surface area contributed by atoms with Crippen LogP contribution in [0.1, 0.15) is 48.8 Å². The highest BCUT2D eigenvalue weighted by molar-refractivity contribution is 7.71. The zero-order valence-electron chi connectivity index (χ0n) is 20.0. The fourth-order valence-electron chi connectivity index (χ4n) is 3.55. The van der Waals surface area contributed by atoms with Crippen LogP contribution in [0.25, 0.3) is 22.6 Å². The van der Waals surface area contributed by atoms with Gasteiger partial charge in [-0.2, -0.15) is 0 Å². The molecule has 0 fully saturated rings. The molecule has 0 aliphatic heterocycles. The third-order valence-corrected chi connectivity index (χ3v) is 5.50. The van der Waals surface area contributed by atoms with Crippen LogP contribution in [0.4, 0.5) is 0 Å². The molecule has 0 saturated carbocycles. The number of ether oxygens (including phenoxy) is 1. The van der Waals surface area contributed by atoms with Crippen molar-refractivity contribution in [2.75, 3.05) is 0 Å². The number of aromatic amines is 1.